The summed E-state index contributed by atoms with van der Waals surface area (Å²) in [5, 5.41) is 9.19. The maximum absolute atomic E-state index is 11.0. The summed E-state index contributed by atoms with van der Waals surface area (Å²) >= 11 is 6.00. The van der Waals surface area contributed by atoms with Crippen molar-refractivity contribution in [2.45, 2.75) is 12.3 Å². The summed E-state index contributed by atoms with van der Waals surface area (Å²) in [5.74, 6) is 1.48. The maximum Gasteiger partial charge on any atom is 0.337 e. The minimum Gasteiger partial charge on any atom is -0.478 e. The Balaban J connectivity index is 2.43. The minimum atomic E-state index is -1.05. The number of hydrogen-bond donors (Lipinski definition) is 1. The molecule has 0 aliphatic rings. The number of halogens is 1. The van der Waals surface area contributed by atoms with Gasteiger partial charge in [-0.25, -0.2) is 4.79 Å². The first-order valence-electron chi connectivity index (χ1n) is 6.00. The van der Waals surface area contributed by atoms with Crippen LogP contribution in [0.5, 0.6) is 0 Å². The number of nitrogens with zero attached hydrogens (tertiary/aromatic N) is 1. The second kappa shape index (κ2) is 6.23. The quantitative estimate of drug-likeness (QED) is 0.874. The fourth-order valence-corrected chi connectivity index (χ4v) is 2.28. The summed E-state index contributed by atoms with van der Waals surface area (Å²) in [7, 11) is 0. The molecule has 2 rings (SSSR count). The van der Waals surface area contributed by atoms with Crippen LogP contribution in [0.2, 0.25) is 5.02 Å². The maximum atomic E-state index is 11.0. The van der Waals surface area contributed by atoms with Crippen LogP contribution in [0.1, 0.15) is 34.0 Å². The summed E-state index contributed by atoms with van der Waals surface area (Å²) in [4.78, 5) is 15.3. The summed E-state index contributed by atoms with van der Waals surface area (Å²) in [5.41, 5.74) is 1.78. The fourth-order valence-electron chi connectivity index (χ4n) is 2.01. The van der Waals surface area contributed by atoms with E-state index >= 15 is 0 Å². The van der Waals surface area contributed by atoms with Crippen LogP contribution in [0.4, 0.5) is 0 Å². The van der Waals surface area contributed by atoms with Crippen LogP contribution in [0.3, 0.4) is 0 Å². The topological polar surface area (TPSA) is 50.2 Å². The van der Waals surface area contributed by atoms with Crippen molar-refractivity contribution in [1.29, 1.82) is 0 Å². The summed E-state index contributed by atoms with van der Waals surface area (Å²) in [6, 6.07) is 10.5. The van der Waals surface area contributed by atoms with Crippen LogP contribution in [-0.4, -0.2) is 16.1 Å². The molecule has 0 aliphatic carbocycles. The molecule has 0 spiro atoms. The Hall–Kier alpha value is -2.31. The molecule has 1 N–H and O–H groups in total. The largest absolute Gasteiger partial charge is 0.478 e. The molecule has 0 saturated heterocycles. The number of aromatic nitrogens is 1. The molecule has 1 heterocycles. The molecule has 0 saturated carbocycles. The van der Waals surface area contributed by atoms with Gasteiger partial charge in [0, 0.05) is 24.2 Å². The van der Waals surface area contributed by atoms with Gasteiger partial charge in [0.25, 0.3) is 0 Å². The number of rotatable bonds is 4. The minimum absolute atomic E-state index is 0.0795. The smallest absolute Gasteiger partial charge is 0.337 e. The van der Waals surface area contributed by atoms with Gasteiger partial charge in [-0.3, -0.25) is 4.98 Å². The van der Waals surface area contributed by atoms with Crippen molar-refractivity contribution >= 4 is 17.6 Å². The van der Waals surface area contributed by atoms with E-state index in [1.807, 2.05) is 18.2 Å². The average Bonchev–Trinajstić information content (AvgIpc) is 2.45. The molecule has 3 nitrogen and oxygen atoms in total. The van der Waals surface area contributed by atoms with Crippen molar-refractivity contribution in [2.75, 3.05) is 0 Å². The van der Waals surface area contributed by atoms with Gasteiger partial charge >= 0.3 is 5.97 Å². The van der Waals surface area contributed by atoms with Gasteiger partial charge in [-0.2, -0.15) is 0 Å². The second-order valence-electron chi connectivity index (χ2n) is 4.26. The Morgan fingerprint density at radius 1 is 1.40 bits per heavy atom. The lowest BCUT2D eigenvalue weighted by molar-refractivity contribution is 0.0697. The van der Waals surface area contributed by atoms with E-state index in [-0.39, 0.29) is 16.5 Å². The zero-order valence-corrected chi connectivity index (χ0v) is 11.3. The van der Waals surface area contributed by atoms with E-state index in [4.69, 9.17) is 23.1 Å². The summed E-state index contributed by atoms with van der Waals surface area (Å²) in [6.45, 7) is 0. The number of pyridine rings is 1. The van der Waals surface area contributed by atoms with Gasteiger partial charge in [0.1, 0.15) is 0 Å². The van der Waals surface area contributed by atoms with Crippen LogP contribution in [-0.2, 0) is 0 Å². The van der Waals surface area contributed by atoms with E-state index in [1.54, 1.807) is 18.3 Å². The van der Waals surface area contributed by atoms with Crippen molar-refractivity contribution in [3.8, 4) is 12.3 Å². The van der Waals surface area contributed by atoms with Gasteiger partial charge in [0.15, 0.2) is 0 Å². The number of aromatic carboxylic acids is 1. The van der Waals surface area contributed by atoms with Gasteiger partial charge in [-0.1, -0.05) is 23.7 Å². The zero-order chi connectivity index (χ0) is 14.5. The molecule has 0 amide bonds. The van der Waals surface area contributed by atoms with Crippen LogP contribution >= 0.6 is 11.6 Å². The highest BCUT2D eigenvalue weighted by Crippen LogP contribution is 2.29. The zero-order valence-electron chi connectivity index (χ0n) is 10.6. The van der Waals surface area contributed by atoms with Crippen molar-refractivity contribution in [2.24, 2.45) is 0 Å². The van der Waals surface area contributed by atoms with Crippen LogP contribution in [0, 0.1) is 12.3 Å². The molecule has 0 aliphatic heterocycles. The van der Waals surface area contributed by atoms with E-state index in [9.17, 15) is 4.79 Å². The number of carboxylic acid groups (broad SMARTS) is 1. The van der Waals surface area contributed by atoms with Gasteiger partial charge in [0.2, 0.25) is 0 Å². The third-order valence-electron chi connectivity index (χ3n) is 2.99. The van der Waals surface area contributed by atoms with Crippen molar-refractivity contribution in [1.82, 2.24) is 4.98 Å². The van der Waals surface area contributed by atoms with Gasteiger partial charge in [-0.15, -0.1) is 12.3 Å². The van der Waals surface area contributed by atoms with Crippen LogP contribution < -0.4 is 0 Å². The third kappa shape index (κ3) is 2.98. The monoisotopic (exact) mass is 285 g/mol. The lowest BCUT2D eigenvalue weighted by atomic mass is 9.91. The normalized spacial score (nSPS) is 11.6. The molecule has 0 fully saturated rings. The average molecular weight is 286 g/mol. The molecule has 1 unspecified atom stereocenters. The fraction of sp³-hybridized carbons (Fsp3) is 0.125. The predicted octanol–water partition coefficient (Wildman–Crippen LogP) is 3.59. The number of hydrogen-bond acceptors (Lipinski definition) is 2. The second-order valence-corrected chi connectivity index (χ2v) is 4.67. The van der Waals surface area contributed by atoms with Crippen molar-refractivity contribution in [3.05, 3.63) is 64.4 Å². The molecule has 1 aromatic heterocycles. The molecule has 20 heavy (non-hydrogen) atoms. The third-order valence-corrected chi connectivity index (χ3v) is 3.31. The van der Waals surface area contributed by atoms with E-state index in [2.05, 4.69) is 10.9 Å². The van der Waals surface area contributed by atoms with Gasteiger partial charge in [-0.05, 0) is 29.8 Å². The lowest BCUT2D eigenvalue weighted by Crippen LogP contribution is -2.04. The molecule has 1 atom stereocenters. The highest BCUT2D eigenvalue weighted by atomic mass is 35.5. The standard InChI is InChI=1S/C16H12ClNO2/c1-2-5-12(15-6-3-4-9-18-15)11-7-8-13(16(19)20)14(17)10-11/h1,3-4,6-10,12H,5H2,(H,19,20). The Morgan fingerprint density at radius 2 is 2.20 bits per heavy atom. The summed E-state index contributed by atoms with van der Waals surface area (Å²) in [6.07, 6.45) is 7.59. The Morgan fingerprint density at radius 3 is 2.75 bits per heavy atom. The molecule has 100 valence electrons. The molecule has 2 aromatic rings. The molecule has 0 bridgehead atoms. The highest BCUT2D eigenvalue weighted by molar-refractivity contribution is 6.33. The first-order chi connectivity index (χ1) is 9.63. The van der Waals surface area contributed by atoms with E-state index in [0.717, 1.165) is 11.3 Å². The van der Waals surface area contributed by atoms with Crippen LogP contribution in [0.15, 0.2) is 42.6 Å². The summed E-state index contributed by atoms with van der Waals surface area (Å²) < 4.78 is 0. The lowest BCUT2D eigenvalue weighted by Gasteiger charge is -2.15. The molecule has 4 heteroatoms. The molecular formula is C16H12ClNO2. The van der Waals surface area contributed by atoms with Crippen molar-refractivity contribution in [3.63, 3.8) is 0 Å². The molecule has 0 radical (unpaired) electrons. The van der Waals surface area contributed by atoms with Gasteiger partial charge in [0.05, 0.1) is 10.6 Å². The first kappa shape index (κ1) is 14.1. The van der Waals surface area contributed by atoms with Crippen LogP contribution in [0.25, 0.3) is 0 Å². The number of benzene rings is 1. The number of carboxylic acids is 1. The van der Waals surface area contributed by atoms with E-state index < -0.39 is 5.97 Å². The number of terminal acetylenes is 1. The Bertz CT molecular complexity index is 662. The van der Waals surface area contributed by atoms with Gasteiger partial charge < -0.3 is 5.11 Å². The van der Waals surface area contributed by atoms with E-state index in [1.165, 1.54) is 6.07 Å². The highest BCUT2D eigenvalue weighted by Gasteiger charge is 2.17. The Labute approximate surface area is 122 Å². The van der Waals surface area contributed by atoms with Crippen molar-refractivity contribution < 1.29 is 9.90 Å². The predicted molar refractivity (Wildman–Crippen MR) is 77.9 cm³/mol. The Kier molecular flexibility index (Phi) is 4.39. The SMILES string of the molecule is C#CCC(c1ccc(C(=O)O)c(Cl)c1)c1ccccn1. The van der Waals surface area contributed by atoms with E-state index in [0.29, 0.717) is 6.42 Å². The number of carbonyl (C=O) groups is 1. The molecular weight excluding hydrogens is 274 g/mol. The first-order valence-corrected chi connectivity index (χ1v) is 6.38. The molecule has 1 aromatic carbocycles.